The molecule has 2 aromatic rings. The number of aromatic hydroxyl groups is 2. The van der Waals surface area contributed by atoms with E-state index in [4.69, 9.17) is 0 Å². The van der Waals surface area contributed by atoms with Gasteiger partial charge in [0.05, 0.1) is 4.92 Å². The molecule has 0 unspecified atom stereocenters. The van der Waals surface area contributed by atoms with Gasteiger partial charge in [-0.05, 0) is 30.2 Å². The van der Waals surface area contributed by atoms with Crippen LogP contribution in [0.1, 0.15) is 11.1 Å². The van der Waals surface area contributed by atoms with Gasteiger partial charge in [0.15, 0.2) is 11.5 Å². The molecule has 0 spiro atoms. The number of hydrogen-bond acceptors (Lipinski definition) is 5. The molecule has 2 rings (SSSR count). The normalized spacial score (nSPS) is 10.2. The van der Waals surface area contributed by atoms with Crippen molar-refractivity contribution >= 4 is 11.4 Å². The van der Waals surface area contributed by atoms with E-state index in [1.807, 2.05) is 6.92 Å². The molecule has 0 aliphatic carbocycles. The van der Waals surface area contributed by atoms with E-state index < -0.39 is 4.92 Å². The van der Waals surface area contributed by atoms with Crippen LogP contribution in [0.2, 0.25) is 0 Å². The van der Waals surface area contributed by atoms with Crippen LogP contribution in [0, 0.1) is 17.0 Å². The van der Waals surface area contributed by atoms with Crippen LogP contribution in [0.5, 0.6) is 11.5 Å². The van der Waals surface area contributed by atoms with E-state index in [0.29, 0.717) is 12.2 Å². The van der Waals surface area contributed by atoms with Crippen molar-refractivity contribution in [1.82, 2.24) is 0 Å². The summed E-state index contributed by atoms with van der Waals surface area (Å²) >= 11 is 0. The first kappa shape index (κ1) is 13.7. The van der Waals surface area contributed by atoms with Crippen molar-refractivity contribution in [2.75, 3.05) is 5.32 Å². The highest BCUT2D eigenvalue weighted by Gasteiger charge is 2.08. The third-order valence-corrected chi connectivity index (χ3v) is 2.95. The Balaban J connectivity index is 2.15. The zero-order chi connectivity index (χ0) is 14.7. The molecule has 0 aliphatic heterocycles. The second kappa shape index (κ2) is 5.48. The van der Waals surface area contributed by atoms with Crippen molar-refractivity contribution in [1.29, 1.82) is 0 Å². The minimum absolute atomic E-state index is 0.0200. The number of phenols is 2. The maximum atomic E-state index is 10.7. The number of nitrogens with zero attached hydrogens (tertiary/aromatic N) is 1. The standard InChI is InChI=1S/C14H14N2O4/c1-9-2-4-11(16(19)20)7-12(9)15-8-10-3-5-13(17)14(18)6-10/h2-7,15,17-18H,8H2,1H3. The summed E-state index contributed by atoms with van der Waals surface area (Å²) < 4.78 is 0. The van der Waals surface area contributed by atoms with Crippen LogP contribution in [0.15, 0.2) is 36.4 Å². The largest absolute Gasteiger partial charge is 0.504 e. The van der Waals surface area contributed by atoms with Gasteiger partial charge in [-0.15, -0.1) is 0 Å². The number of benzene rings is 2. The van der Waals surface area contributed by atoms with E-state index in [1.165, 1.54) is 24.3 Å². The number of rotatable bonds is 4. The molecule has 0 fully saturated rings. The van der Waals surface area contributed by atoms with Crippen molar-refractivity contribution in [3.05, 3.63) is 57.6 Å². The smallest absolute Gasteiger partial charge is 0.271 e. The van der Waals surface area contributed by atoms with Crippen LogP contribution in [-0.2, 0) is 6.54 Å². The van der Waals surface area contributed by atoms with E-state index >= 15 is 0 Å². The number of nitrogens with one attached hydrogen (secondary N) is 1. The van der Waals surface area contributed by atoms with Crippen LogP contribution in [0.25, 0.3) is 0 Å². The van der Waals surface area contributed by atoms with E-state index in [9.17, 15) is 20.3 Å². The fourth-order valence-electron chi connectivity index (χ4n) is 1.79. The Morgan fingerprint density at radius 3 is 2.55 bits per heavy atom. The molecule has 3 N–H and O–H groups in total. The number of phenolic OH excluding ortho intramolecular Hbond substituents is 2. The third kappa shape index (κ3) is 2.97. The summed E-state index contributed by atoms with van der Waals surface area (Å²) in [6, 6.07) is 9.09. The lowest BCUT2D eigenvalue weighted by molar-refractivity contribution is -0.384. The van der Waals surface area contributed by atoms with Gasteiger partial charge in [0.2, 0.25) is 0 Å². The first-order valence-electron chi connectivity index (χ1n) is 5.97. The Kier molecular flexibility index (Phi) is 3.74. The van der Waals surface area contributed by atoms with Gasteiger partial charge in [0.1, 0.15) is 0 Å². The van der Waals surface area contributed by atoms with Crippen molar-refractivity contribution in [2.24, 2.45) is 0 Å². The highest BCUT2D eigenvalue weighted by Crippen LogP contribution is 2.26. The van der Waals surface area contributed by atoms with Gasteiger partial charge in [0, 0.05) is 24.4 Å². The quantitative estimate of drug-likeness (QED) is 0.452. The van der Waals surface area contributed by atoms with Crippen LogP contribution < -0.4 is 5.32 Å². The number of non-ortho nitro benzene ring substituents is 1. The molecule has 0 aliphatic rings. The molecule has 104 valence electrons. The van der Waals surface area contributed by atoms with Gasteiger partial charge < -0.3 is 15.5 Å². The van der Waals surface area contributed by atoms with Crippen molar-refractivity contribution in [3.63, 3.8) is 0 Å². The minimum atomic E-state index is -0.447. The summed E-state index contributed by atoms with van der Waals surface area (Å²) in [5.74, 6) is -0.375. The maximum Gasteiger partial charge on any atom is 0.271 e. The monoisotopic (exact) mass is 274 g/mol. The summed E-state index contributed by atoms with van der Waals surface area (Å²) in [6.45, 7) is 2.23. The zero-order valence-electron chi connectivity index (χ0n) is 10.8. The fourth-order valence-corrected chi connectivity index (χ4v) is 1.79. The van der Waals surface area contributed by atoms with Crippen molar-refractivity contribution in [2.45, 2.75) is 13.5 Å². The topological polar surface area (TPSA) is 95.6 Å². The highest BCUT2D eigenvalue weighted by molar-refractivity contribution is 5.57. The molecule has 0 heterocycles. The Hall–Kier alpha value is -2.76. The molecule has 0 atom stereocenters. The Morgan fingerprint density at radius 2 is 1.90 bits per heavy atom. The summed E-state index contributed by atoms with van der Waals surface area (Å²) in [6.07, 6.45) is 0. The number of aryl methyl sites for hydroxylation is 1. The minimum Gasteiger partial charge on any atom is -0.504 e. The third-order valence-electron chi connectivity index (χ3n) is 2.95. The molecule has 2 aromatic carbocycles. The summed E-state index contributed by atoms with van der Waals surface area (Å²) in [5, 5.41) is 32.4. The van der Waals surface area contributed by atoms with Gasteiger partial charge in [-0.25, -0.2) is 0 Å². The number of nitro groups is 1. The number of anilines is 1. The van der Waals surface area contributed by atoms with Crippen LogP contribution in [0.3, 0.4) is 0 Å². The lowest BCUT2D eigenvalue weighted by atomic mass is 10.1. The average Bonchev–Trinajstić information content (AvgIpc) is 2.41. The molecule has 0 saturated carbocycles. The van der Waals surface area contributed by atoms with E-state index in [-0.39, 0.29) is 17.2 Å². The van der Waals surface area contributed by atoms with E-state index in [0.717, 1.165) is 11.1 Å². The summed E-state index contributed by atoms with van der Waals surface area (Å²) in [4.78, 5) is 10.3. The van der Waals surface area contributed by atoms with E-state index in [1.54, 1.807) is 12.1 Å². The number of hydrogen-bond donors (Lipinski definition) is 3. The van der Waals surface area contributed by atoms with Gasteiger partial charge in [-0.1, -0.05) is 12.1 Å². The Bertz CT molecular complexity index is 656. The molecule has 0 saturated heterocycles. The first-order chi connectivity index (χ1) is 9.47. The van der Waals surface area contributed by atoms with Crippen molar-refractivity contribution < 1.29 is 15.1 Å². The lowest BCUT2D eigenvalue weighted by Crippen LogP contribution is -2.01. The molecule has 6 nitrogen and oxygen atoms in total. The molecular formula is C14H14N2O4. The summed E-state index contributed by atoms with van der Waals surface area (Å²) in [5.41, 5.74) is 2.32. The predicted molar refractivity (Wildman–Crippen MR) is 74.9 cm³/mol. The molecule has 0 bridgehead atoms. The molecule has 0 amide bonds. The van der Waals surface area contributed by atoms with Gasteiger partial charge in [0.25, 0.3) is 5.69 Å². The SMILES string of the molecule is Cc1ccc([N+](=O)[O-])cc1NCc1ccc(O)c(O)c1. The zero-order valence-corrected chi connectivity index (χ0v) is 10.8. The van der Waals surface area contributed by atoms with Gasteiger partial charge >= 0.3 is 0 Å². The number of nitro benzene ring substituents is 1. The van der Waals surface area contributed by atoms with Crippen LogP contribution in [0.4, 0.5) is 11.4 Å². The predicted octanol–water partition coefficient (Wildman–Crippen LogP) is 2.93. The van der Waals surface area contributed by atoms with Crippen molar-refractivity contribution in [3.8, 4) is 11.5 Å². The molecule has 20 heavy (non-hydrogen) atoms. The van der Waals surface area contributed by atoms with E-state index in [2.05, 4.69) is 5.32 Å². The summed E-state index contributed by atoms with van der Waals surface area (Å²) in [7, 11) is 0. The Morgan fingerprint density at radius 1 is 1.15 bits per heavy atom. The van der Waals surface area contributed by atoms with Crippen LogP contribution >= 0.6 is 0 Å². The highest BCUT2D eigenvalue weighted by atomic mass is 16.6. The maximum absolute atomic E-state index is 10.7. The van der Waals surface area contributed by atoms with Gasteiger partial charge in [-0.3, -0.25) is 10.1 Å². The molecule has 0 aromatic heterocycles. The molecular weight excluding hydrogens is 260 g/mol. The second-order valence-corrected chi connectivity index (χ2v) is 4.43. The van der Waals surface area contributed by atoms with Gasteiger partial charge in [-0.2, -0.15) is 0 Å². The molecule has 0 radical (unpaired) electrons. The molecule has 6 heteroatoms. The lowest BCUT2D eigenvalue weighted by Gasteiger charge is -2.10. The second-order valence-electron chi connectivity index (χ2n) is 4.43. The average molecular weight is 274 g/mol. The van der Waals surface area contributed by atoms with Crippen LogP contribution in [-0.4, -0.2) is 15.1 Å². The fraction of sp³-hybridized carbons (Fsp3) is 0.143. The first-order valence-corrected chi connectivity index (χ1v) is 5.97. The Labute approximate surface area is 115 Å².